The third-order valence-electron chi connectivity index (χ3n) is 2.82. The third kappa shape index (κ3) is 3.95. The van der Waals surface area contributed by atoms with E-state index in [4.69, 9.17) is 0 Å². The van der Waals surface area contributed by atoms with Gasteiger partial charge in [-0.3, -0.25) is 9.78 Å². The monoisotopic (exact) mass is 261 g/mol. The van der Waals surface area contributed by atoms with E-state index in [0.717, 1.165) is 17.7 Å². The van der Waals surface area contributed by atoms with E-state index in [0.29, 0.717) is 12.8 Å². The Hall–Kier alpha value is -2.10. The molecule has 0 atom stereocenters. The van der Waals surface area contributed by atoms with Crippen molar-refractivity contribution < 1.29 is 13.6 Å². The van der Waals surface area contributed by atoms with Crippen molar-refractivity contribution in [2.24, 2.45) is 0 Å². The van der Waals surface area contributed by atoms with Gasteiger partial charge in [0.2, 0.25) is 0 Å². The number of nitrogens with zero attached hydrogens (tertiary/aromatic N) is 1. The van der Waals surface area contributed by atoms with Crippen molar-refractivity contribution in [1.82, 2.24) is 4.98 Å². The molecule has 0 saturated heterocycles. The van der Waals surface area contributed by atoms with Gasteiger partial charge >= 0.3 is 0 Å². The number of rotatable bonds is 5. The molecule has 0 fully saturated rings. The van der Waals surface area contributed by atoms with Crippen LogP contribution in [0.3, 0.4) is 0 Å². The predicted octanol–water partition coefficient (Wildman–Crippen LogP) is 3.10. The molecule has 0 bridgehead atoms. The molecular formula is C15H13F2NO. The minimum Gasteiger partial charge on any atom is -0.299 e. The number of pyridine rings is 1. The first kappa shape index (κ1) is 13.3. The Bertz CT molecular complexity index is 570. The second-order valence-corrected chi connectivity index (χ2v) is 4.31. The lowest BCUT2D eigenvalue weighted by Gasteiger charge is -2.03. The highest BCUT2D eigenvalue weighted by molar-refractivity contribution is 5.81. The van der Waals surface area contributed by atoms with Crippen molar-refractivity contribution in [3.05, 3.63) is 65.5 Å². The number of halogens is 2. The number of carbonyl (C=O) groups excluding carboxylic acids is 1. The normalized spacial score (nSPS) is 10.4. The van der Waals surface area contributed by atoms with Gasteiger partial charge in [-0.2, -0.15) is 0 Å². The Balaban J connectivity index is 1.91. The molecule has 0 aliphatic carbocycles. The Labute approximate surface area is 110 Å². The SMILES string of the molecule is O=C(CCc1cccnc1)Cc1ccc(F)cc1F. The van der Waals surface area contributed by atoms with Gasteiger partial charge in [0.05, 0.1) is 0 Å². The minimum atomic E-state index is -0.672. The highest BCUT2D eigenvalue weighted by Gasteiger charge is 2.09. The number of hydrogen-bond donors (Lipinski definition) is 0. The van der Waals surface area contributed by atoms with Crippen LogP contribution < -0.4 is 0 Å². The van der Waals surface area contributed by atoms with Crippen LogP contribution in [0, 0.1) is 11.6 Å². The Morgan fingerprint density at radius 3 is 2.74 bits per heavy atom. The summed E-state index contributed by atoms with van der Waals surface area (Å²) in [6.07, 6.45) is 4.26. The van der Waals surface area contributed by atoms with Crippen molar-refractivity contribution in [3.8, 4) is 0 Å². The van der Waals surface area contributed by atoms with Crippen LogP contribution in [-0.2, 0) is 17.6 Å². The summed E-state index contributed by atoms with van der Waals surface area (Å²) >= 11 is 0. The number of benzene rings is 1. The number of ketones is 1. The highest BCUT2D eigenvalue weighted by atomic mass is 19.1. The molecular weight excluding hydrogens is 248 g/mol. The van der Waals surface area contributed by atoms with Gasteiger partial charge in [0.15, 0.2) is 0 Å². The van der Waals surface area contributed by atoms with Gasteiger partial charge in [-0.25, -0.2) is 8.78 Å². The molecule has 2 rings (SSSR count). The van der Waals surface area contributed by atoms with Crippen molar-refractivity contribution in [2.45, 2.75) is 19.3 Å². The summed E-state index contributed by atoms with van der Waals surface area (Å²) in [4.78, 5) is 15.7. The second kappa shape index (κ2) is 6.18. The van der Waals surface area contributed by atoms with Crippen molar-refractivity contribution >= 4 is 5.78 Å². The molecule has 0 amide bonds. The lowest BCUT2D eigenvalue weighted by molar-refractivity contribution is -0.118. The van der Waals surface area contributed by atoms with Crippen LogP contribution in [0.1, 0.15) is 17.5 Å². The maximum Gasteiger partial charge on any atom is 0.137 e. The average Bonchev–Trinajstić information content (AvgIpc) is 2.41. The smallest absolute Gasteiger partial charge is 0.137 e. The molecule has 1 heterocycles. The van der Waals surface area contributed by atoms with Gasteiger partial charge in [-0.1, -0.05) is 12.1 Å². The molecule has 2 aromatic rings. The molecule has 0 N–H and O–H groups in total. The molecule has 1 aromatic heterocycles. The number of carbonyl (C=O) groups is 1. The first-order valence-corrected chi connectivity index (χ1v) is 5.99. The molecule has 0 unspecified atom stereocenters. The zero-order chi connectivity index (χ0) is 13.7. The van der Waals surface area contributed by atoms with Crippen LogP contribution in [0.15, 0.2) is 42.7 Å². The number of aryl methyl sites for hydroxylation is 1. The van der Waals surface area contributed by atoms with E-state index in [9.17, 15) is 13.6 Å². The molecule has 0 aliphatic rings. The zero-order valence-electron chi connectivity index (χ0n) is 10.3. The van der Waals surface area contributed by atoms with Gasteiger partial charge in [0, 0.05) is 31.3 Å². The molecule has 0 aliphatic heterocycles. The van der Waals surface area contributed by atoms with Crippen molar-refractivity contribution in [2.75, 3.05) is 0 Å². The maximum absolute atomic E-state index is 13.4. The predicted molar refractivity (Wildman–Crippen MR) is 67.6 cm³/mol. The first-order valence-electron chi connectivity index (χ1n) is 5.99. The minimum absolute atomic E-state index is 0.00756. The quantitative estimate of drug-likeness (QED) is 0.827. The largest absolute Gasteiger partial charge is 0.299 e. The summed E-state index contributed by atoms with van der Waals surface area (Å²) in [5.41, 5.74) is 1.20. The van der Waals surface area contributed by atoms with Crippen LogP contribution in [-0.4, -0.2) is 10.8 Å². The molecule has 4 heteroatoms. The molecule has 0 spiro atoms. The molecule has 0 saturated carbocycles. The van der Waals surface area contributed by atoms with Crippen LogP contribution in [0.4, 0.5) is 8.78 Å². The van der Waals surface area contributed by atoms with Gasteiger partial charge in [0.1, 0.15) is 17.4 Å². The van der Waals surface area contributed by atoms with E-state index in [2.05, 4.69) is 4.98 Å². The van der Waals surface area contributed by atoms with Crippen LogP contribution >= 0.6 is 0 Å². The fourth-order valence-electron chi connectivity index (χ4n) is 1.80. The summed E-state index contributed by atoms with van der Waals surface area (Å²) < 4.78 is 26.1. The van der Waals surface area contributed by atoms with Gasteiger partial charge in [0.25, 0.3) is 0 Å². The summed E-state index contributed by atoms with van der Waals surface area (Å²) in [6, 6.07) is 6.96. The summed E-state index contributed by atoms with van der Waals surface area (Å²) in [6.45, 7) is 0. The fourth-order valence-corrected chi connectivity index (χ4v) is 1.80. The lowest BCUT2D eigenvalue weighted by atomic mass is 10.0. The van der Waals surface area contributed by atoms with E-state index < -0.39 is 11.6 Å². The molecule has 1 aromatic carbocycles. The average molecular weight is 261 g/mol. The van der Waals surface area contributed by atoms with Gasteiger partial charge in [-0.05, 0) is 29.7 Å². The number of aromatic nitrogens is 1. The van der Waals surface area contributed by atoms with E-state index in [1.165, 1.54) is 6.07 Å². The number of Topliss-reactive ketones (excluding diaryl/α,β-unsaturated/α-hetero) is 1. The highest BCUT2D eigenvalue weighted by Crippen LogP contribution is 2.12. The van der Waals surface area contributed by atoms with E-state index in [-0.39, 0.29) is 17.8 Å². The standard InChI is InChI=1S/C15H13F2NO/c16-13-5-4-12(15(17)9-13)8-14(19)6-3-11-2-1-7-18-10-11/h1-2,4-5,7,9-10H,3,6,8H2. The summed E-state index contributed by atoms with van der Waals surface area (Å²) in [5, 5.41) is 0. The van der Waals surface area contributed by atoms with E-state index >= 15 is 0 Å². The third-order valence-corrected chi connectivity index (χ3v) is 2.82. The van der Waals surface area contributed by atoms with E-state index in [1.54, 1.807) is 18.5 Å². The first-order chi connectivity index (χ1) is 9.15. The molecule has 98 valence electrons. The lowest BCUT2D eigenvalue weighted by Crippen LogP contribution is -2.06. The number of hydrogen-bond acceptors (Lipinski definition) is 2. The second-order valence-electron chi connectivity index (χ2n) is 4.31. The molecule has 19 heavy (non-hydrogen) atoms. The van der Waals surface area contributed by atoms with Gasteiger partial charge in [-0.15, -0.1) is 0 Å². The van der Waals surface area contributed by atoms with Crippen LogP contribution in [0.2, 0.25) is 0 Å². The van der Waals surface area contributed by atoms with Crippen molar-refractivity contribution in [1.29, 1.82) is 0 Å². The zero-order valence-corrected chi connectivity index (χ0v) is 10.3. The van der Waals surface area contributed by atoms with Crippen LogP contribution in [0.25, 0.3) is 0 Å². The summed E-state index contributed by atoms with van der Waals surface area (Å²) in [7, 11) is 0. The fraction of sp³-hybridized carbons (Fsp3) is 0.200. The molecule has 0 radical (unpaired) electrons. The van der Waals surface area contributed by atoms with Gasteiger partial charge < -0.3 is 0 Å². The van der Waals surface area contributed by atoms with Crippen LogP contribution in [0.5, 0.6) is 0 Å². The topological polar surface area (TPSA) is 30.0 Å². The summed E-state index contributed by atoms with van der Waals surface area (Å²) in [5.74, 6) is -1.38. The Morgan fingerprint density at radius 1 is 1.21 bits per heavy atom. The maximum atomic E-state index is 13.4. The van der Waals surface area contributed by atoms with E-state index in [1.807, 2.05) is 6.07 Å². The Kier molecular flexibility index (Phi) is 4.34. The van der Waals surface area contributed by atoms with Crippen molar-refractivity contribution in [3.63, 3.8) is 0 Å². The molecule has 2 nitrogen and oxygen atoms in total. The Morgan fingerprint density at radius 2 is 2.05 bits per heavy atom.